The van der Waals surface area contributed by atoms with Crippen molar-refractivity contribution in [3.8, 4) is 11.1 Å². The van der Waals surface area contributed by atoms with Crippen LogP contribution in [0.1, 0.15) is 22.0 Å². The molecule has 2 aromatic heterocycles. The molecule has 0 radical (unpaired) electrons. The van der Waals surface area contributed by atoms with Crippen LogP contribution in [0, 0.1) is 0 Å². The van der Waals surface area contributed by atoms with Gasteiger partial charge in [-0.25, -0.2) is 14.8 Å². The highest BCUT2D eigenvalue weighted by Crippen LogP contribution is 2.39. The highest BCUT2D eigenvalue weighted by Gasteiger charge is 2.27. The second-order valence-electron chi connectivity index (χ2n) is 6.93. The zero-order valence-electron chi connectivity index (χ0n) is 16.2. The lowest BCUT2D eigenvalue weighted by atomic mass is 10.1. The van der Waals surface area contributed by atoms with Gasteiger partial charge in [0, 0.05) is 43.0 Å². The molecule has 1 aromatic carbocycles. The minimum Gasteiger partial charge on any atom is -0.465 e. The van der Waals surface area contributed by atoms with Gasteiger partial charge in [0.15, 0.2) is 5.82 Å². The molecule has 3 heterocycles. The second kappa shape index (κ2) is 8.37. The van der Waals surface area contributed by atoms with Crippen LogP contribution >= 0.6 is 34.8 Å². The minimum absolute atomic E-state index is 0.142. The van der Waals surface area contributed by atoms with Gasteiger partial charge >= 0.3 is 6.09 Å². The van der Waals surface area contributed by atoms with E-state index in [1.165, 1.54) is 11.1 Å². The summed E-state index contributed by atoms with van der Waals surface area (Å²) in [4.78, 5) is 33.8. The van der Waals surface area contributed by atoms with Crippen molar-refractivity contribution in [3.63, 3.8) is 0 Å². The largest absolute Gasteiger partial charge is 0.465 e. The van der Waals surface area contributed by atoms with Gasteiger partial charge in [-0.05, 0) is 12.1 Å². The van der Waals surface area contributed by atoms with Crippen molar-refractivity contribution in [1.29, 1.82) is 0 Å². The van der Waals surface area contributed by atoms with Crippen molar-refractivity contribution in [2.45, 2.75) is 13.0 Å². The number of carbonyl (C=O) groups excluding carboxylic acids is 1. The first-order chi connectivity index (χ1) is 14.8. The summed E-state index contributed by atoms with van der Waals surface area (Å²) in [5, 5.41) is 12.7. The zero-order valence-corrected chi connectivity index (χ0v) is 18.5. The van der Waals surface area contributed by atoms with Crippen LogP contribution in [0.15, 0.2) is 30.5 Å². The number of amides is 2. The Kier molecular flexibility index (Phi) is 5.79. The molecule has 31 heavy (non-hydrogen) atoms. The van der Waals surface area contributed by atoms with E-state index in [0.29, 0.717) is 35.5 Å². The summed E-state index contributed by atoms with van der Waals surface area (Å²) < 4.78 is 1.68. The van der Waals surface area contributed by atoms with Crippen LogP contribution in [0.3, 0.4) is 0 Å². The summed E-state index contributed by atoms with van der Waals surface area (Å²) in [7, 11) is 1.73. The van der Waals surface area contributed by atoms with E-state index in [2.05, 4.69) is 15.3 Å². The van der Waals surface area contributed by atoms with Crippen LogP contribution in [0.25, 0.3) is 11.1 Å². The van der Waals surface area contributed by atoms with E-state index >= 15 is 0 Å². The summed E-state index contributed by atoms with van der Waals surface area (Å²) in [6.45, 7) is 0.495. The number of carboxylic acid groups (broad SMARTS) is 1. The SMILES string of the molecule is Cn1c(C(=O)Nc2cccc(-c3ccnc(Cl)c3Cl)c2Cl)nc2c1CCN(C(=O)O)C2. The smallest absolute Gasteiger partial charge is 0.407 e. The average Bonchev–Trinajstić information content (AvgIpc) is 3.08. The quantitative estimate of drug-likeness (QED) is 0.528. The molecule has 1 aliphatic rings. The molecule has 0 saturated carbocycles. The molecule has 2 amide bonds. The van der Waals surface area contributed by atoms with Gasteiger partial charge in [-0.1, -0.05) is 46.9 Å². The Morgan fingerprint density at radius 3 is 2.61 bits per heavy atom. The average molecular weight is 481 g/mol. The van der Waals surface area contributed by atoms with Crippen molar-refractivity contribution in [3.05, 3.63) is 62.9 Å². The molecule has 0 saturated heterocycles. The number of fused-ring (bicyclic) bond motifs is 1. The molecule has 160 valence electrons. The van der Waals surface area contributed by atoms with Crippen molar-refractivity contribution < 1.29 is 14.7 Å². The number of nitrogens with one attached hydrogen (secondary N) is 1. The summed E-state index contributed by atoms with van der Waals surface area (Å²) in [5.41, 5.74) is 2.95. The van der Waals surface area contributed by atoms with E-state index in [9.17, 15) is 14.7 Å². The lowest BCUT2D eigenvalue weighted by Gasteiger charge is -2.23. The number of nitrogens with zero attached hydrogens (tertiary/aromatic N) is 4. The molecule has 1 aliphatic heterocycles. The van der Waals surface area contributed by atoms with E-state index in [0.717, 1.165) is 5.69 Å². The van der Waals surface area contributed by atoms with Crippen molar-refractivity contribution in [2.24, 2.45) is 7.05 Å². The fourth-order valence-corrected chi connectivity index (χ4v) is 4.18. The fourth-order valence-electron chi connectivity index (χ4n) is 3.54. The molecule has 2 N–H and O–H groups in total. The second-order valence-corrected chi connectivity index (χ2v) is 8.04. The molecular formula is C20H16Cl3N5O3. The van der Waals surface area contributed by atoms with Crippen LogP contribution in [-0.4, -0.2) is 43.1 Å². The molecule has 0 unspecified atom stereocenters. The topological polar surface area (TPSA) is 100 Å². The summed E-state index contributed by atoms with van der Waals surface area (Å²) >= 11 is 18.8. The fraction of sp³-hybridized carbons (Fsp3) is 0.200. The number of hydrogen-bond donors (Lipinski definition) is 2. The van der Waals surface area contributed by atoms with Gasteiger partial charge in [0.25, 0.3) is 5.91 Å². The third-order valence-corrected chi connectivity index (χ3v) is 6.29. The van der Waals surface area contributed by atoms with Crippen LogP contribution in [0.5, 0.6) is 0 Å². The number of imidazole rings is 1. The number of rotatable bonds is 3. The normalized spacial score (nSPS) is 13.1. The van der Waals surface area contributed by atoms with Crippen molar-refractivity contribution >= 4 is 52.5 Å². The maximum absolute atomic E-state index is 12.9. The Hall–Kier alpha value is -2.81. The highest BCUT2D eigenvalue weighted by molar-refractivity contribution is 6.44. The van der Waals surface area contributed by atoms with Crippen LogP contribution in [0.2, 0.25) is 15.2 Å². The monoisotopic (exact) mass is 479 g/mol. The minimum atomic E-state index is -1.01. The maximum atomic E-state index is 12.9. The number of halogens is 3. The standard InChI is InChI=1S/C20H16Cl3N5O3/c1-27-14-6-8-28(20(30)31)9-13(14)25-18(27)19(29)26-12-4-2-3-10(15(12)21)11-5-7-24-17(23)16(11)22/h2-5,7H,6,8-9H2,1H3,(H,26,29)(H,30,31). The molecule has 0 aliphatic carbocycles. The number of hydrogen-bond acceptors (Lipinski definition) is 4. The number of aromatic nitrogens is 3. The molecular weight excluding hydrogens is 465 g/mol. The van der Waals surface area contributed by atoms with E-state index in [-0.39, 0.29) is 27.6 Å². The molecule has 8 nitrogen and oxygen atoms in total. The Morgan fingerprint density at radius 1 is 1.13 bits per heavy atom. The third kappa shape index (κ3) is 3.94. The van der Waals surface area contributed by atoms with E-state index in [1.54, 1.807) is 35.9 Å². The van der Waals surface area contributed by atoms with E-state index in [1.807, 2.05) is 0 Å². The predicted octanol–water partition coefficient (Wildman–Crippen LogP) is 4.73. The molecule has 0 fully saturated rings. The first kappa shape index (κ1) is 21.4. The lowest BCUT2D eigenvalue weighted by molar-refractivity contribution is 0.101. The summed E-state index contributed by atoms with van der Waals surface area (Å²) in [6, 6.07) is 6.84. The molecule has 3 aromatic rings. The number of pyridine rings is 1. The zero-order chi connectivity index (χ0) is 22.3. The third-order valence-electron chi connectivity index (χ3n) is 5.11. The van der Waals surface area contributed by atoms with Crippen LogP contribution < -0.4 is 5.32 Å². The van der Waals surface area contributed by atoms with Crippen molar-refractivity contribution in [2.75, 3.05) is 11.9 Å². The van der Waals surface area contributed by atoms with Crippen LogP contribution in [0.4, 0.5) is 10.5 Å². The van der Waals surface area contributed by atoms with Gasteiger partial charge in [0.2, 0.25) is 0 Å². The van der Waals surface area contributed by atoms with Gasteiger partial charge in [-0.3, -0.25) is 4.79 Å². The number of benzene rings is 1. The number of carbonyl (C=O) groups is 2. The predicted molar refractivity (Wildman–Crippen MR) is 118 cm³/mol. The van der Waals surface area contributed by atoms with Crippen molar-refractivity contribution in [1.82, 2.24) is 19.4 Å². The first-order valence-electron chi connectivity index (χ1n) is 9.20. The summed E-state index contributed by atoms with van der Waals surface area (Å²) in [5.74, 6) is -0.291. The molecule has 11 heteroatoms. The lowest BCUT2D eigenvalue weighted by Crippen LogP contribution is -2.35. The van der Waals surface area contributed by atoms with Gasteiger partial charge in [0.05, 0.1) is 28.0 Å². The molecule has 0 bridgehead atoms. The Labute approximate surface area is 192 Å². The van der Waals surface area contributed by atoms with Crippen LogP contribution in [-0.2, 0) is 20.0 Å². The Morgan fingerprint density at radius 2 is 1.87 bits per heavy atom. The molecule has 4 rings (SSSR count). The maximum Gasteiger partial charge on any atom is 0.407 e. The van der Waals surface area contributed by atoms with Gasteiger partial charge < -0.3 is 19.9 Å². The Balaban J connectivity index is 1.63. The van der Waals surface area contributed by atoms with E-state index in [4.69, 9.17) is 34.8 Å². The molecule has 0 spiro atoms. The highest BCUT2D eigenvalue weighted by atomic mass is 35.5. The summed E-state index contributed by atoms with van der Waals surface area (Å²) in [6.07, 6.45) is 0.987. The van der Waals surface area contributed by atoms with Gasteiger partial charge in [-0.2, -0.15) is 0 Å². The van der Waals surface area contributed by atoms with Gasteiger partial charge in [0.1, 0.15) is 5.15 Å². The number of anilines is 1. The Bertz CT molecular complexity index is 1210. The molecule has 0 atom stereocenters. The first-order valence-corrected chi connectivity index (χ1v) is 10.3. The van der Waals surface area contributed by atoms with E-state index < -0.39 is 12.0 Å². The van der Waals surface area contributed by atoms with Gasteiger partial charge in [-0.15, -0.1) is 0 Å².